The molecule has 0 aromatic carbocycles. The summed E-state index contributed by atoms with van der Waals surface area (Å²) in [6.45, 7) is 7.94. The summed E-state index contributed by atoms with van der Waals surface area (Å²) in [5.41, 5.74) is 4.07. The number of hydrazine groups is 1. The Hall–Kier alpha value is -1.01. The lowest BCUT2D eigenvalue weighted by molar-refractivity contribution is -0.0329. The number of ether oxygens (including phenoxy) is 1. The van der Waals surface area contributed by atoms with Crippen molar-refractivity contribution < 1.29 is 4.74 Å². The van der Waals surface area contributed by atoms with Gasteiger partial charge in [-0.05, 0) is 25.0 Å². The fourth-order valence-corrected chi connectivity index (χ4v) is 2.87. The van der Waals surface area contributed by atoms with Crippen molar-refractivity contribution in [1.82, 2.24) is 15.3 Å². The van der Waals surface area contributed by atoms with Crippen LogP contribution in [0.15, 0.2) is 24.5 Å². The Labute approximate surface area is 115 Å². The van der Waals surface area contributed by atoms with Gasteiger partial charge >= 0.3 is 0 Å². The quantitative estimate of drug-likeness (QED) is 0.615. The fraction of sp³-hybridized carbons (Fsp3) is 0.643. The van der Waals surface area contributed by atoms with E-state index >= 15 is 0 Å². The number of hydrogen-bond donors (Lipinski definition) is 2. The van der Waals surface area contributed by atoms with Gasteiger partial charge in [-0.25, -0.2) is 0 Å². The van der Waals surface area contributed by atoms with Crippen LogP contribution in [0.3, 0.4) is 0 Å². The Bertz CT molecular complexity index is 380. The Balaban J connectivity index is 2.26. The van der Waals surface area contributed by atoms with Crippen molar-refractivity contribution >= 4 is 0 Å². The molecule has 2 unspecified atom stereocenters. The molecule has 1 aliphatic rings. The molecule has 2 heterocycles. The molecular formula is C14H24N4O. The van der Waals surface area contributed by atoms with E-state index in [9.17, 15) is 0 Å². The third-order valence-corrected chi connectivity index (χ3v) is 4.26. The van der Waals surface area contributed by atoms with Crippen LogP contribution >= 0.6 is 0 Å². The number of nitrogens with one attached hydrogen (secondary N) is 1. The summed E-state index contributed by atoms with van der Waals surface area (Å²) in [6.07, 6.45) is 4.69. The summed E-state index contributed by atoms with van der Waals surface area (Å²) in [6, 6.07) is 4.09. The predicted molar refractivity (Wildman–Crippen MR) is 75.4 cm³/mol. The molecule has 0 bridgehead atoms. The molecule has 0 aliphatic carbocycles. The molecule has 1 aromatic rings. The zero-order valence-corrected chi connectivity index (χ0v) is 11.8. The number of aromatic nitrogens is 1. The van der Waals surface area contributed by atoms with Crippen LogP contribution in [-0.2, 0) is 4.74 Å². The molecule has 19 heavy (non-hydrogen) atoms. The molecule has 1 fully saturated rings. The van der Waals surface area contributed by atoms with Crippen LogP contribution in [0, 0.1) is 0 Å². The molecule has 2 atom stereocenters. The maximum absolute atomic E-state index is 5.84. The van der Waals surface area contributed by atoms with Crippen LogP contribution in [0.4, 0.5) is 0 Å². The topological polar surface area (TPSA) is 63.4 Å². The van der Waals surface area contributed by atoms with E-state index in [1.807, 2.05) is 12.3 Å². The van der Waals surface area contributed by atoms with E-state index in [4.69, 9.17) is 10.6 Å². The van der Waals surface area contributed by atoms with Crippen molar-refractivity contribution in [3.63, 3.8) is 0 Å². The van der Waals surface area contributed by atoms with Gasteiger partial charge in [0.1, 0.15) is 0 Å². The van der Waals surface area contributed by atoms with Gasteiger partial charge in [0.05, 0.1) is 19.3 Å². The Morgan fingerprint density at radius 3 is 2.79 bits per heavy atom. The molecule has 0 spiro atoms. The van der Waals surface area contributed by atoms with E-state index in [1.165, 1.54) is 0 Å². The summed E-state index contributed by atoms with van der Waals surface area (Å²) in [5, 5.41) is 0. The molecule has 1 aromatic heterocycles. The molecule has 2 rings (SSSR count). The molecule has 0 saturated carbocycles. The number of nitrogens with zero attached hydrogens (tertiary/aromatic N) is 2. The Morgan fingerprint density at radius 1 is 1.53 bits per heavy atom. The van der Waals surface area contributed by atoms with E-state index in [1.54, 1.807) is 6.20 Å². The summed E-state index contributed by atoms with van der Waals surface area (Å²) in [7, 11) is 0. The second kappa shape index (κ2) is 6.43. The first kappa shape index (κ1) is 14.4. The van der Waals surface area contributed by atoms with Crippen molar-refractivity contribution in [1.29, 1.82) is 0 Å². The van der Waals surface area contributed by atoms with Gasteiger partial charge in [0.15, 0.2) is 0 Å². The minimum atomic E-state index is -0.0401. The van der Waals surface area contributed by atoms with Crippen molar-refractivity contribution in [2.24, 2.45) is 5.84 Å². The van der Waals surface area contributed by atoms with Crippen molar-refractivity contribution in [3.8, 4) is 0 Å². The molecule has 5 heteroatoms. The lowest BCUT2D eigenvalue weighted by Crippen LogP contribution is -2.58. The van der Waals surface area contributed by atoms with E-state index in [2.05, 4.69) is 35.2 Å². The first-order valence-electron chi connectivity index (χ1n) is 6.91. The van der Waals surface area contributed by atoms with Gasteiger partial charge in [-0.2, -0.15) is 0 Å². The molecule has 5 nitrogen and oxygen atoms in total. The molecule has 0 radical (unpaired) electrons. The smallest absolute Gasteiger partial charge is 0.0656 e. The highest BCUT2D eigenvalue weighted by Gasteiger charge is 2.39. The second-order valence-electron chi connectivity index (χ2n) is 5.20. The summed E-state index contributed by atoms with van der Waals surface area (Å²) in [5.74, 6) is 5.84. The van der Waals surface area contributed by atoms with E-state index < -0.39 is 0 Å². The number of nitrogens with two attached hydrogens (primary N) is 1. The second-order valence-corrected chi connectivity index (χ2v) is 5.20. The molecule has 1 aliphatic heterocycles. The fourth-order valence-electron chi connectivity index (χ4n) is 2.87. The van der Waals surface area contributed by atoms with Gasteiger partial charge in [-0.1, -0.05) is 13.0 Å². The number of rotatable bonds is 5. The number of hydrogen-bond acceptors (Lipinski definition) is 5. The van der Waals surface area contributed by atoms with Crippen LogP contribution in [0.2, 0.25) is 0 Å². The van der Waals surface area contributed by atoms with Crippen LogP contribution in [-0.4, -0.2) is 41.7 Å². The first-order chi connectivity index (χ1) is 9.22. The highest BCUT2D eigenvalue weighted by molar-refractivity contribution is 5.19. The number of morpholine rings is 1. The Morgan fingerprint density at radius 2 is 2.26 bits per heavy atom. The van der Waals surface area contributed by atoms with Crippen LogP contribution in [0.25, 0.3) is 0 Å². The maximum Gasteiger partial charge on any atom is 0.0656 e. The normalized spacial score (nSPS) is 21.8. The van der Waals surface area contributed by atoms with Gasteiger partial charge in [0, 0.05) is 31.0 Å². The predicted octanol–water partition coefficient (Wildman–Crippen LogP) is 1.09. The molecule has 1 saturated heterocycles. The highest BCUT2D eigenvalue weighted by Crippen LogP contribution is 2.33. The van der Waals surface area contributed by atoms with E-state index in [-0.39, 0.29) is 11.6 Å². The first-order valence-corrected chi connectivity index (χ1v) is 6.91. The monoisotopic (exact) mass is 264 g/mol. The average Bonchev–Trinajstić information content (AvgIpc) is 2.49. The third-order valence-electron chi connectivity index (χ3n) is 4.26. The molecule has 3 N–H and O–H groups in total. The zero-order valence-electron chi connectivity index (χ0n) is 11.8. The summed E-state index contributed by atoms with van der Waals surface area (Å²) >= 11 is 0. The van der Waals surface area contributed by atoms with E-state index in [0.29, 0.717) is 0 Å². The van der Waals surface area contributed by atoms with Crippen LogP contribution in [0.1, 0.15) is 31.9 Å². The molecular weight excluding hydrogens is 240 g/mol. The number of pyridine rings is 1. The van der Waals surface area contributed by atoms with Gasteiger partial charge in [-0.15, -0.1) is 0 Å². The van der Waals surface area contributed by atoms with E-state index in [0.717, 1.165) is 38.3 Å². The lowest BCUT2D eigenvalue weighted by Gasteiger charge is -2.47. The molecule has 106 valence electrons. The average molecular weight is 264 g/mol. The Kier molecular flexibility index (Phi) is 4.87. The van der Waals surface area contributed by atoms with Gasteiger partial charge in [0.2, 0.25) is 0 Å². The standard InChI is InChI=1S/C14H24N4O/c1-3-14(2,18-7-9-19-10-8-18)13(17-15)12-5-4-6-16-11-12/h4-6,11,13,17H,3,7-10,15H2,1-2H3. The third kappa shape index (κ3) is 2.95. The van der Waals surface area contributed by atoms with Gasteiger partial charge < -0.3 is 4.74 Å². The van der Waals surface area contributed by atoms with Crippen molar-refractivity contribution in [2.45, 2.75) is 31.8 Å². The largest absolute Gasteiger partial charge is 0.379 e. The van der Waals surface area contributed by atoms with Gasteiger partial charge in [0.25, 0.3) is 0 Å². The minimum Gasteiger partial charge on any atom is -0.379 e. The van der Waals surface area contributed by atoms with Crippen molar-refractivity contribution in [3.05, 3.63) is 30.1 Å². The maximum atomic E-state index is 5.84. The molecule has 0 amide bonds. The SMILES string of the molecule is CCC(C)(C(NN)c1cccnc1)N1CCOCC1. The minimum absolute atomic E-state index is 0.0401. The summed E-state index contributed by atoms with van der Waals surface area (Å²) in [4.78, 5) is 6.67. The van der Waals surface area contributed by atoms with Crippen LogP contribution < -0.4 is 11.3 Å². The zero-order chi connectivity index (χ0) is 13.7. The highest BCUT2D eigenvalue weighted by atomic mass is 16.5. The van der Waals surface area contributed by atoms with Crippen LogP contribution in [0.5, 0.6) is 0 Å². The van der Waals surface area contributed by atoms with Gasteiger partial charge in [-0.3, -0.25) is 21.2 Å². The lowest BCUT2D eigenvalue weighted by atomic mass is 9.83. The van der Waals surface area contributed by atoms with Crippen molar-refractivity contribution in [2.75, 3.05) is 26.3 Å². The summed E-state index contributed by atoms with van der Waals surface area (Å²) < 4.78 is 5.45.